The van der Waals surface area contributed by atoms with Crippen molar-refractivity contribution in [3.05, 3.63) is 16.9 Å². The second-order valence-electron chi connectivity index (χ2n) is 4.49. The number of aromatic nitrogens is 2. The number of rotatable bonds is 3. The van der Waals surface area contributed by atoms with Crippen molar-refractivity contribution in [1.82, 2.24) is 15.1 Å². The quantitative estimate of drug-likeness (QED) is 0.882. The van der Waals surface area contributed by atoms with E-state index in [0.29, 0.717) is 5.02 Å². The molecule has 1 aliphatic rings. The first-order valence-electron chi connectivity index (χ1n) is 5.57. The van der Waals surface area contributed by atoms with Gasteiger partial charge in [-0.1, -0.05) is 11.6 Å². The third kappa shape index (κ3) is 1.85. The van der Waals surface area contributed by atoms with Gasteiger partial charge in [-0.2, -0.15) is 5.10 Å². The minimum absolute atomic E-state index is 0.0787. The minimum atomic E-state index is -0.188. The number of halogens is 1. The van der Waals surface area contributed by atoms with E-state index in [-0.39, 0.29) is 11.6 Å². The Morgan fingerprint density at radius 2 is 2.44 bits per heavy atom. The molecule has 1 fully saturated rings. The summed E-state index contributed by atoms with van der Waals surface area (Å²) in [6, 6.07) is 0.0787. The Balaban J connectivity index is 2.36. The summed E-state index contributed by atoms with van der Waals surface area (Å²) in [6.45, 7) is 2.95. The number of hydrogen-bond acceptors (Lipinski definition) is 3. The first-order valence-corrected chi connectivity index (χ1v) is 5.95. The van der Waals surface area contributed by atoms with Crippen LogP contribution in [0.1, 0.15) is 31.5 Å². The molecule has 0 aliphatic carbocycles. The fourth-order valence-electron chi connectivity index (χ4n) is 2.50. The number of nitrogens with zero attached hydrogens (tertiary/aromatic N) is 2. The van der Waals surface area contributed by atoms with Gasteiger partial charge in [0.05, 0.1) is 28.6 Å². The second-order valence-corrected chi connectivity index (χ2v) is 4.89. The fourth-order valence-corrected chi connectivity index (χ4v) is 2.78. The Kier molecular flexibility index (Phi) is 3.24. The normalized spacial score (nSPS) is 27.2. The molecule has 0 bridgehead atoms. The molecule has 0 aromatic carbocycles. The zero-order valence-corrected chi connectivity index (χ0v) is 10.7. The predicted octanol–water partition coefficient (Wildman–Crippen LogP) is 1.90. The van der Waals surface area contributed by atoms with E-state index in [1.54, 1.807) is 6.20 Å². The SMILES string of the molecule is CNC(c1c(Cl)cnn1C)C1(C)CCCO1. The van der Waals surface area contributed by atoms with Gasteiger partial charge in [0, 0.05) is 13.7 Å². The highest BCUT2D eigenvalue weighted by Crippen LogP contribution is 2.39. The van der Waals surface area contributed by atoms with Crippen LogP contribution < -0.4 is 5.32 Å². The average Bonchev–Trinajstić information content (AvgIpc) is 2.80. The molecule has 0 radical (unpaired) electrons. The fraction of sp³-hybridized carbons (Fsp3) is 0.727. The first-order chi connectivity index (χ1) is 7.58. The van der Waals surface area contributed by atoms with Crippen molar-refractivity contribution < 1.29 is 4.74 Å². The third-order valence-corrected chi connectivity index (χ3v) is 3.65. The molecule has 1 aliphatic heterocycles. The van der Waals surface area contributed by atoms with E-state index in [4.69, 9.17) is 16.3 Å². The van der Waals surface area contributed by atoms with Crippen molar-refractivity contribution in [1.29, 1.82) is 0 Å². The van der Waals surface area contributed by atoms with Crippen molar-refractivity contribution in [2.45, 2.75) is 31.4 Å². The van der Waals surface area contributed by atoms with Gasteiger partial charge in [0.15, 0.2) is 0 Å². The van der Waals surface area contributed by atoms with E-state index in [9.17, 15) is 0 Å². The first kappa shape index (κ1) is 11.9. The Labute approximate surface area is 101 Å². The Hall–Kier alpha value is -0.580. The average molecular weight is 244 g/mol. The molecule has 1 saturated heterocycles. The molecule has 2 rings (SSSR count). The van der Waals surface area contributed by atoms with E-state index in [0.717, 1.165) is 25.1 Å². The molecule has 2 heterocycles. The van der Waals surface area contributed by atoms with Gasteiger partial charge in [-0.25, -0.2) is 0 Å². The topological polar surface area (TPSA) is 39.1 Å². The lowest BCUT2D eigenvalue weighted by Crippen LogP contribution is -2.40. The van der Waals surface area contributed by atoms with E-state index in [2.05, 4.69) is 17.3 Å². The minimum Gasteiger partial charge on any atom is -0.373 e. The zero-order valence-electron chi connectivity index (χ0n) is 9.96. The summed E-state index contributed by atoms with van der Waals surface area (Å²) < 4.78 is 7.68. The molecule has 90 valence electrons. The van der Waals surface area contributed by atoms with Crippen molar-refractivity contribution >= 4 is 11.6 Å². The summed E-state index contributed by atoms with van der Waals surface area (Å²) in [6.07, 6.45) is 3.82. The molecule has 1 aromatic rings. The third-order valence-electron chi connectivity index (χ3n) is 3.36. The van der Waals surface area contributed by atoms with Crippen LogP contribution in [0.4, 0.5) is 0 Å². The summed E-state index contributed by atoms with van der Waals surface area (Å²) >= 11 is 6.18. The molecule has 2 unspecified atom stereocenters. The number of nitrogens with one attached hydrogen (secondary N) is 1. The monoisotopic (exact) mass is 243 g/mol. The lowest BCUT2D eigenvalue weighted by Gasteiger charge is -2.33. The van der Waals surface area contributed by atoms with Gasteiger partial charge in [0.25, 0.3) is 0 Å². The Morgan fingerprint density at radius 3 is 2.88 bits per heavy atom. The van der Waals surface area contributed by atoms with E-state index in [1.807, 2.05) is 18.8 Å². The number of likely N-dealkylation sites (N-methyl/N-ethyl adjacent to an activating group) is 1. The molecule has 5 heteroatoms. The lowest BCUT2D eigenvalue weighted by molar-refractivity contribution is -0.0125. The van der Waals surface area contributed by atoms with Gasteiger partial charge in [-0.05, 0) is 26.8 Å². The molecule has 4 nitrogen and oxygen atoms in total. The van der Waals surface area contributed by atoms with E-state index >= 15 is 0 Å². The van der Waals surface area contributed by atoms with Crippen LogP contribution in [0.3, 0.4) is 0 Å². The number of hydrogen-bond donors (Lipinski definition) is 1. The molecular formula is C11H18ClN3O. The highest BCUT2D eigenvalue weighted by Gasteiger charge is 2.40. The molecule has 2 atom stereocenters. The van der Waals surface area contributed by atoms with Crippen molar-refractivity contribution in [2.24, 2.45) is 7.05 Å². The van der Waals surface area contributed by atoms with Crippen LogP contribution in [0.5, 0.6) is 0 Å². The van der Waals surface area contributed by atoms with Crippen LogP contribution in [0.2, 0.25) is 5.02 Å². The Morgan fingerprint density at radius 1 is 1.69 bits per heavy atom. The molecule has 1 N–H and O–H groups in total. The van der Waals surface area contributed by atoms with Gasteiger partial charge in [0.1, 0.15) is 0 Å². The number of aryl methyl sites for hydroxylation is 1. The molecule has 0 spiro atoms. The predicted molar refractivity (Wildman–Crippen MR) is 63.6 cm³/mol. The summed E-state index contributed by atoms with van der Waals surface area (Å²) in [5.41, 5.74) is 0.806. The maximum Gasteiger partial charge on any atom is 0.0864 e. The van der Waals surface area contributed by atoms with Gasteiger partial charge < -0.3 is 10.1 Å². The molecule has 16 heavy (non-hydrogen) atoms. The zero-order chi connectivity index (χ0) is 11.8. The maximum absolute atomic E-state index is 6.18. The van der Waals surface area contributed by atoms with Crippen LogP contribution in [0, 0.1) is 0 Å². The van der Waals surface area contributed by atoms with Gasteiger partial charge in [0.2, 0.25) is 0 Å². The number of ether oxygens (including phenoxy) is 1. The van der Waals surface area contributed by atoms with Gasteiger partial charge in [-0.15, -0.1) is 0 Å². The van der Waals surface area contributed by atoms with Crippen molar-refractivity contribution in [3.8, 4) is 0 Å². The molecule has 1 aromatic heterocycles. The summed E-state index contributed by atoms with van der Waals surface area (Å²) in [5, 5.41) is 8.17. The van der Waals surface area contributed by atoms with E-state index in [1.165, 1.54) is 0 Å². The maximum atomic E-state index is 6.18. The highest BCUT2D eigenvalue weighted by atomic mass is 35.5. The van der Waals surface area contributed by atoms with Gasteiger partial charge >= 0.3 is 0 Å². The van der Waals surface area contributed by atoms with Crippen molar-refractivity contribution in [3.63, 3.8) is 0 Å². The van der Waals surface area contributed by atoms with Crippen LogP contribution in [0.15, 0.2) is 6.20 Å². The lowest BCUT2D eigenvalue weighted by atomic mass is 9.90. The summed E-state index contributed by atoms with van der Waals surface area (Å²) in [4.78, 5) is 0. The van der Waals surface area contributed by atoms with Crippen LogP contribution >= 0.6 is 11.6 Å². The second kappa shape index (κ2) is 4.35. The molecular weight excluding hydrogens is 226 g/mol. The largest absolute Gasteiger partial charge is 0.373 e. The van der Waals surface area contributed by atoms with Crippen LogP contribution in [0.25, 0.3) is 0 Å². The molecule has 0 saturated carbocycles. The Bertz CT molecular complexity index is 352. The van der Waals surface area contributed by atoms with Crippen molar-refractivity contribution in [2.75, 3.05) is 13.7 Å². The smallest absolute Gasteiger partial charge is 0.0864 e. The van der Waals surface area contributed by atoms with Crippen LogP contribution in [-0.2, 0) is 11.8 Å². The van der Waals surface area contributed by atoms with Crippen LogP contribution in [-0.4, -0.2) is 29.0 Å². The summed E-state index contributed by atoms with van der Waals surface area (Å²) in [5.74, 6) is 0. The van der Waals surface area contributed by atoms with Gasteiger partial charge in [-0.3, -0.25) is 4.68 Å². The van der Waals surface area contributed by atoms with E-state index < -0.39 is 0 Å². The standard InChI is InChI=1S/C11H18ClN3O/c1-11(5-4-6-16-11)10(13-2)9-8(12)7-14-15(9)3/h7,10,13H,4-6H2,1-3H3. The highest BCUT2D eigenvalue weighted by molar-refractivity contribution is 6.31. The summed E-state index contributed by atoms with van der Waals surface area (Å²) in [7, 11) is 3.84. The molecule has 0 amide bonds.